The van der Waals surface area contributed by atoms with E-state index in [0.29, 0.717) is 13.2 Å². The highest BCUT2D eigenvalue weighted by molar-refractivity contribution is 14.0. The topological polar surface area (TPSA) is 45.7 Å². The first kappa shape index (κ1) is 17.7. The van der Waals surface area contributed by atoms with Crippen LogP contribution in [-0.4, -0.2) is 32.3 Å². The maximum Gasteiger partial charge on any atom is 0.191 e. The lowest BCUT2D eigenvalue weighted by Crippen LogP contribution is -2.38. The van der Waals surface area contributed by atoms with Crippen molar-refractivity contribution in [1.82, 2.24) is 10.6 Å². The van der Waals surface area contributed by atoms with E-state index in [9.17, 15) is 0 Å². The van der Waals surface area contributed by atoms with Gasteiger partial charge in [0, 0.05) is 19.7 Å². The summed E-state index contributed by atoms with van der Waals surface area (Å²) in [5, 5.41) is 10.6. The third-order valence-corrected chi connectivity index (χ3v) is 2.82. The van der Waals surface area contributed by atoms with E-state index in [2.05, 4.69) is 39.4 Å². The van der Waals surface area contributed by atoms with Crippen molar-refractivity contribution in [3.8, 4) is 0 Å². The molecule has 0 saturated carbocycles. The van der Waals surface area contributed by atoms with Gasteiger partial charge in [-0.05, 0) is 36.2 Å². The molecule has 1 rings (SSSR count). The van der Waals surface area contributed by atoms with E-state index in [-0.39, 0.29) is 24.0 Å². The van der Waals surface area contributed by atoms with E-state index >= 15 is 0 Å². The van der Waals surface area contributed by atoms with Gasteiger partial charge >= 0.3 is 0 Å². The third-order valence-electron chi connectivity index (χ3n) is 2.09. The Morgan fingerprint density at radius 1 is 1.39 bits per heavy atom. The molecule has 18 heavy (non-hydrogen) atoms. The number of thiophene rings is 1. The summed E-state index contributed by atoms with van der Waals surface area (Å²) >= 11 is 1.70. The second-order valence-electron chi connectivity index (χ2n) is 3.45. The lowest BCUT2D eigenvalue weighted by atomic mass is 10.3. The molecule has 1 aromatic heterocycles. The summed E-state index contributed by atoms with van der Waals surface area (Å²) in [6, 6.07) is 2.10. The number of nitrogens with one attached hydrogen (secondary N) is 2. The van der Waals surface area contributed by atoms with Gasteiger partial charge in [0.25, 0.3) is 0 Å². The molecule has 4 nitrogen and oxygen atoms in total. The Hall–Kier alpha value is -0.340. The second kappa shape index (κ2) is 11.7. The second-order valence-corrected chi connectivity index (χ2v) is 4.23. The fourth-order valence-electron chi connectivity index (χ4n) is 1.28. The molecule has 0 radical (unpaired) electrons. The zero-order valence-corrected chi connectivity index (χ0v) is 14.1. The summed E-state index contributed by atoms with van der Waals surface area (Å²) in [4.78, 5) is 4.50. The van der Waals surface area contributed by atoms with E-state index in [0.717, 1.165) is 25.7 Å². The Balaban J connectivity index is 0.00000289. The molecular formula is C12H22IN3OS. The Bertz CT molecular complexity index is 317. The molecule has 0 bridgehead atoms. The van der Waals surface area contributed by atoms with Gasteiger partial charge in [-0.25, -0.2) is 4.99 Å². The Kier molecular flexibility index (Phi) is 11.5. The van der Waals surface area contributed by atoms with Crippen molar-refractivity contribution in [1.29, 1.82) is 0 Å². The van der Waals surface area contributed by atoms with Crippen LogP contribution in [0.15, 0.2) is 21.8 Å². The van der Waals surface area contributed by atoms with Gasteiger partial charge in [0.15, 0.2) is 5.96 Å². The fraction of sp³-hybridized carbons (Fsp3) is 0.583. The molecule has 0 aliphatic carbocycles. The molecule has 104 valence electrons. The smallest absolute Gasteiger partial charge is 0.191 e. The maximum absolute atomic E-state index is 5.27. The molecule has 1 heterocycles. The predicted octanol–water partition coefficient (Wildman–Crippen LogP) is 2.46. The van der Waals surface area contributed by atoms with Gasteiger partial charge in [0.1, 0.15) is 0 Å². The van der Waals surface area contributed by atoms with Gasteiger partial charge in [0.2, 0.25) is 0 Å². The standard InChI is InChI=1S/C12H21N3OS.HI/c1-3-13-12(14-6-7-16-4-2)15-9-11-5-8-17-10-11;/h5,8,10H,3-4,6-7,9H2,1-2H3,(H2,13,14,15);1H. The molecular weight excluding hydrogens is 361 g/mol. The van der Waals surface area contributed by atoms with Gasteiger partial charge in [-0.1, -0.05) is 0 Å². The third kappa shape index (κ3) is 7.88. The molecule has 0 amide bonds. The lowest BCUT2D eigenvalue weighted by molar-refractivity contribution is 0.152. The number of rotatable bonds is 7. The van der Waals surface area contributed by atoms with Crippen molar-refractivity contribution in [2.75, 3.05) is 26.3 Å². The number of aliphatic imine (C=N–C) groups is 1. The molecule has 0 saturated heterocycles. The van der Waals surface area contributed by atoms with Crippen LogP contribution in [-0.2, 0) is 11.3 Å². The zero-order valence-electron chi connectivity index (χ0n) is 10.9. The summed E-state index contributed by atoms with van der Waals surface area (Å²) in [7, 11) is 0. The first-order chi connectivity index (χ1) is 8.36. The zero-order chi connectivity index (χ0) is 12.3. The number of hydrogen-bond acceptors (Lipinski definition) is 3. The minimum absolute atomic E-state index is 0. The van der Waals surface area contributed by atoms with Crippen LogP contribution in [0, 0.1) is 0 Å². The number of ether oxygens (including phenoxy) is 1. The Morgan fingerprint density at radius 3 is 2.83 bits per heavy atom. The van der Waals surface area contributed by atoms with Crippen molar-refractivity contribution in [3.63, 3.8) is 0 Å². The molecule has 0 aliphatic heterocycles. The van der Waals surface area contributed by atoms with Gasteiger partial charge in [-0.3, -0.25) is 0 Å². The number of hydrogen-bond donors (Lipinski definition) is 2. The molecule has 0 fully saturated rings. The Morgan fingerprint density at radius 2 is 2.22 bits per heavy atom. The van der Waals surface area contributed by atoms with Crippen LogP contribution in [0.1, 0.15) is 19.4 Å². The summed E-state index contributed by atoms with van der Waals surface area (Å²) in [6.45, 7) is 7.88. The molecule has 0 aromatic carbocycles. The summed E-state index contributed by atoms with van der Waals surface area (Å²) < 4.78 is 5.27. The van der Waals surface area contributed by atoms with Gasteiger partial charge in [0.05, 0.1) is 13.2 Å². The molecule has 2 N–H and O–H groups in total. The maximum atomic E-state index is 5.27. The quantitative estimate of drug-likeness (QED) is 0.329. The van der Waals surface area contributed by atoms with Crippen LogP contribution in [0.4, 0.5) is 0 Å². The van der Waals surface area contributed by atoms with Crippen LogP contribution in [0.2, 0.25) is 0 Å². The molecule has 0 unspecified atom stereocenters. The lowest BCUT2D eigenvalue weighted by Gasteiger charge is -2.10. The van der Waals surface area contributed by atoms with Gasteiger partial charge < -0.3 is 15.4 Å². The Labute approximate surface area is 130 Å². The highest BCUT2D eigenvalue weighted by Gasteiger charge is 1.97. The van der Waals surface area contributed by atoms with E-state index in [1.54, 1.807) is 11.3 Å². The summed E-state index contributed by atoms with van der Waals surface area (Å²) in [5.74, 6) is 0.846. The van der Waals surface area contributed by atoms with Crippen molar-refractivity contribution >= 4 is 41.3 Å². The van der Waals surface area contributed by atoms with Gasteiger partial charge in [-0.15, -0.1) is 24.0 Å². The predicted molar refractivity (Wildman–Crippen MR) is 89.0 cm³/mol. The summed E-state index contributed by atoms with van der Waals surface area (Å²) in [5.41, 5.74) is 1.25. The van der Waals surface area contributed by atoms with Crippen molar-refractivity contribution in [2.24, 2.45) is 4.99 Å². The highest BCUT2D eigenvalue weighted by atomic mass is 127. The van der Waals surface area contributed by atoms with Crippen LogP contribution in [0.25, 0.3) is 0 Å². The number of nitrogens with zero attached hydrogens (tertiary/aromatic N) is 1. The van der Waals surface area contributed by atoms with Crippen LogP contribution >= 0.6 is 35.3 Å². The molecule has 0 aliphatic rings. The van der Waals surface area contributed by atoms with E-state index in [1.165, 1.54) is 5.56 Å². The van der Waals surface area contributed by atoms with Crippen molar-refractivity contribution in [2.45, 2.75) is 20.4 Å². The average molecular weight is 383 g/mol. The molecule has 0 spiro atoms. The summed E-state index contributed by atoms with van der Waals surface area (Å²) in [6.07, 6.45) is 0. The monoisotopic (exact) mass is 383 g/mol. The van der Waals surface area contributed by atoms with E-state index in [1.807, 2.05) is 6.92 Å². The minimum atomic E-state index is 0. The van der Waals surface area contributed by atoms with Crippen LogP contribution in [0.5, 0.6) is 0 Å². The van der Waals surface area contributed by atoms with Gasteiger partial charge in [-0.2, -0.15) is 11.3 Å². The first-order valence-corrected chi connectivity index (χ1v) is 6.92. The molecule has 6 heteroatoms. The van der Waals surface area contributed by atoms with E-state index < -0.39 is 0 Å². The van der Waals surface area contributed by atoms with Crippen LogP contribution in [0.3, 0.4) is 0 Å². The minimum Gasteiger partial charge on any atom is -0.380 e. The first-order valence-electron chi connectivity index (χ1n) is 5.97. The largest absolute Gasteiger partial charge is 0.380 e. The highest BCUT2D eigenvalue weighted by Crippen LogP contribution is 2.06. The number of halogens is 1. The normalized spacial score (nSPS) is 10.9. The molecule has 0 atom stereocenters. The van der Waals surface area contributed by atoms with Crippen LogP contribution < -0.4 is 10.6 Å². The SMILES string of the molecule is CCNC(=NCc1ccsc1)NCCOCC.I. The van der Waals surface area contributed by atoms with E-state index in [4.69, 9.17) is 4.74 Å². The average Bonchev–Trinajstić information content (AvgIpc) is 2.84. The molecule has 1 aromatic rings. The fourth-order valence-corrected chi connectivity index (χ4v) is 1.94. The number of guanidine groups is 1. The van der Waals surface area contributed by atoms with Crippen molar-refractivity contribution < 1.29 is 4.74 Å². The van der Waals surface area contributed by atoms with Crippen molar-refractivity contribution in [3.05, 3.63) is 22.4 Å².